The highest BCUT2D eigenvalue weighted by atomic mass is 16.2. The summed E-state index contributed by atoms with van der Waals surface area (Å²) in [4.78, 5) is 25.6. The number of amides is 2. The number of aryl methyl sites for hydroxylation is 1. The van der Waals surface area contributed by atoms with Crippen molar-refractivity contribution in [2.24, 2.45) is 5.73 Å². The highest BCUT2D eigenvalue weighted by Crippen LogP contribution is 2.28. The van der Waals surface area contributed by atoms with Gasteiger partial charge in [0.2, 0.25) is 0 Å². The van der Waals surface area contributed by atoms with Crippen molar-refractivity contribution in [1.29, 1.82) is 0 Å². The maximum Gasteiger partial charge on any atom is 0.269 e. The summed E-state index contributed by atoms with van der Waals surface area (Å²) in [5.74, 6) is -0.167. The van der Waals surface area contributed by atoms with Crippen LogP contribution >= 0.6 is 0 Å². The van der Waals surface area contributed by atoms with Crippen molar-refractivity contribution < 1.29 is 9.59 Å². The third-order valence-corrected chi connectivity index (χ3v) is 4.45. The first-order chi connectivity index (χ1) is 11.1. The largest absolute Gasteiger partial charge is 0.364 e. The van der Waals surface area contributed by atoms with Gasteiger partial charge in [-0.1, -0.05) is 18.2 Å². The predicted octanol–water partition coefficient (Wildman–Crippen LogP) is 1.84. The lowest BCUT2D eigenvalue weighted by Crippen LogP contribution is -2.38. The Morgan fingerprint density at radius 2 is 1.96 bits per heavy atom. The van der Waals surface area contributed by atoms with Crippen LogP contribution in [0.3, 0.4) is 0 Å². The van der Waals surface area contributed by atoms with Gasteiger partial charge in [-0.2, -0.15) is 5.10 Å². The average Bonchev–Trinajstić information content (AvgIpc) is 3.05. The normalized spacial score (nSPS) is 15.6. The van der Waals surface area contributed by atoms with Gasteiger partial charge in [0.05, 0.1) is 0 Å². The SMILES string of the molecule is Cc1ccccc1C(=O)N1CCC(c2cc(C(N)=O)n[nH]2)CC1. The molecule has 3 rings (SSSR count). The second-order valence-electron chi connectivity index (χ2n) is 5.95. The van der Waals surface area contributed by atoms with Gasteiger partial charge in [-0.3, -0.25) is 14.7 Å². The average molecular weight is 312 g/mol. The number of rotatable bonds is 3. The number of hydrogen-bond acceptors (Lipinski definition) is 3. The molecule has 0 radical (unpaired) electrons. The highest BCUT2D eigenvalue weighted by Gasteiger charge is 2.26. The van der Waals surface area contributed by atoms with E-state index >= 15 is 0 Å². The van der Waals surface area contributed by atoms with E-state index in [2.05, 4.69) is 10.2 Å². The van der Waals surface area contributed by atoms with Crippen molar-refractivity contribution in [3.63, 3.8) is 0 Å². The fourth-order valence-electron chi connectivity index (χ4n) is 3.05. The molecular weight excluding hydrogens is 292 g/mol. The van der Waals surface area contributed by atoms with Crippen LogP contribution in [0, 0.1) is 6.92 Å². The number of nitrogens with two attached hydrogens (primary N) is 1. The van der Waals surface area contributed by atoms with Crippen LogP contribution < -0.4 is 5.73 Å². The van der Waals surface area contributed by atoms with Gasteiger partial charge in [0, 0.05) is 30.3 Å². The molecule has 1 aliphatic heterocycles. The van der Waals surface area contributed by atoms with Crippen molar-refractivity contribution in [3.8, 4) is 0 Å². The Labute approximate surface area is 134 Å². The molecule has 1 fully saturated rings. The molecule has 1 aliphatic rings. The number of H-pyrrole nitrogens is 1. The number of piperidine rings is 1. The number of benzene rings is 1. The predicted molar refractivity (Wildman–Crippen MR) is 86.2 cm³/mol. The number of carbonyl (C=O) groups is 2. The van der Waals surface area contributed by atoms with Crippen LogP contribution in [0.15, 0.2) is 30.3 Å². The zero-order valence-corrected chi connectivity index (χ0v) is 13.1. The molecule has 1 aromatic heterocycles. The van der Waals surface area contributed by atoms with E-state index in [1.54, 1.807) is 6.07 Å². The molecule has 0 bridgehead atoms. The van der Waals surface area contributed by atoms with Crippen molar-refractivity contribution in [3.05, 3.63) is 52.8 Å². The number of likely N-dealkylation sites (tertiary alicyclic amines) is 1. The van der Waals surface area contributed by atoms with Gasteiger partial charge in [-0.25, -0.2) is 0 Å². The third kappa shape index (κ3) is 3.11. The first-order valence-corrected chi connectivity index (χ1v) is 7.76. The summed E-state index contributed by atoms with van der Waals surface area (Å²) in [5.41, 5.74) is 8.17. The molecule has 0 spiro atoms. The van der Waals surface area contributed by atoms with Gasteiger partial charge < -0.3 is 10.6 Å². The molecular formula is C17H20N4O2. The summed E-state index contributed by atoms with van der Waals surface area (Å²) in [6.45, 7) is 3.35. The van der Waals surface area contributed by atoms with Gasteiger partial charge in [0.25, 0.3) is 11.8 Å². The van der Waals surface area contributed by atoms with Gasteiger partial charge in [-0.05, 0) is 37.5 Å². The second kappa shape index (κ2) is 6.24. The number of carbonyl (C=O) groups excluding carboxylic acids is 2. The maximum absolute atomic E-state index is 12.6. The van der Waals surface area contributed by atoms with Crippen LogP contribution in [-0.4, -0.2) is 40.0 Å². The minimum Gasteiger partial charge on any atom is -0.364 e. The van der Waals surface area contributed by atoms with Crippen molar-refractivity contribution in [1.82, 2.24) is 15.1 Å². The lowest BCUT2D eigenvalue weighted by atomic mass is 9.93. The monoisotopic (exact) mass is 312 g/mol. The van der Waals surface area contributed by atoms with E-state index in [9.17, 15) is 9.59 Å². The molecule has 23 heavy (non-hydrogen) atoms. The summed E-state index contributed by atoms with van der Waals surface area (Å²) in [6.07, 6.45) is 1.69. The van der Waals surface area contributed by atoms with Gasteiger partial charge in [0.1, 0.15) is 5.69 Å². The van der Waals surface area contributed by atoms with Crippen LogP contribution in [0.2, 0.25) is 0 Å². The molecule has 0 unspecified atom stereocenters. The Morgan fingerprint density at radius 3 is 2.57 bits per heavy atom. The summed E-state index contributed by atoms with van der Waals surface area (Å²) in [7, 11) is 0. The highest BCUT2D eigenvalue weighted by molar-refractivity contribution is 5.95. The molecule has 0 saturated carbocycles. The Balaban J connectivity index is 1.65. The van der Waals surface area contributed by atoms with E-state index in [4.69, 9.17) is 5.73 Å². The number of nitrogens with one attached hydrogen (secondary N) is 1. The minimum absolute atomic E-state index is 0.0870. The molecule has 0 aliphatic carbocycles. The van der Waals surface area contributed by atoms with E-state index in [0.29, 0.717) is 13.1 Å². The summed E-state index contributed by atoms with van der Waals surface area (Å²) in [6, 6.07) is 9.37. The summed E-state index contributed by atoms with van der Waals surface area (Å²) in [5, 5.41) is 6.81. The van der Waals surface area contributed by atoms with Crippen molar-refractivity contribution in [2.45, 2.75) is 25.7 Å². The van der Waals surface area contributed by atoms with Crippen LogP contribution in [0.1, 0.15) is 50.9 Å². The minimum atomic E-state index is -0.528. The zero-order chi connectivity index (χ0) is 16.4. The fraction of sp³-hybridized carbons (Fsp3) is 0.353. The van der Waals surface area contributed by atoms with Gasteiger partial charge in [0.15, 0.2) is 0 Å². The van der Waals surface area contributed by atoms with Crippen molar-refractivity contribution >= 4 is 11.8 Å². The molecule has 6 heteroatoms. The topological polar surface area (TPSA) is 92.1 Å². The number of aromatic nitrogens is 2. The maximum atomic E-state index is 12.6. The van der Waals surface area contributed by atoms with Crippen LogP contribution in [-0.2, 0) is 0 Å². The molecule has 120 valence electrons. The molecule has 2 aromatic rings. The Bertz CT molecular complexity index is 730. The Kier molecular flexibility index (Phi) is 4.14. The summed E-state index contributed by atoms with van der Waals surface area (Å²) >= 11 is 0. The van der Waals surface area contributed by atoms with E-state index in [1.165, 1.54) is 0 Å². The first-order valence-electron chi connectivity index (χ1n) is 7.76. The van der Waals surface area contributed by atoms with Crippen LogP contribution in [0.5, 0.6) is 0 Å². The van der Waals surface area contributed by atoms with Crippen LogP contribution in [0.4, 0.5) is 0 Å². The van der Waals surface area contributed by atoms with Gasteiger partial charge >= 0.3 is 0 Å². The molecule has 3 N–H and O–H groups in total. The molecule has 1 saturated heterocycles. The fourth-order valence-corrected chi connectivity index (χ4v) is 3.05. The number of nitrogens with zero attached hydrogens (tertiary/aromatic N) is 2. The number of hydrogen-bond donors (Lipinski definition) is 2. The third-order valence-electron chi connectivity index (χ3n) is 4.45. The molecule has 0 atom stereocenters. The smallest absolute Gasteiger partial charge is 0.269 e. The number of primary amides is 1. The summed E-state index contributed by atoms with van der Waals surface area (Å²) < 4.78 is 0. The van der Waals surface area contributed by atoms with E-state index in [-0.39, 0.29) is 17.5 Å². The standard InChI is InChI=1S/C17H20N4O2/c1-11-4-2-3-5-13(11)17(23)21-8-6-12(7-9-21)14-10-15(16(18)22)20-19-14/h2-5,10,12H,6-9H2,1H3,(H2,18,22)(H,19,20). The molecule has 6 nitrogen and oxygen atoms in total. The lowest BCUT2D eigenvalue weighted by Gasteiger charge is -2.31. The van der Waals surface area contributed by atoms with Crippen molar-refractivity contribution in [2.75, 3.05) is 13.1 Å². The molecule has 2 amide bonds. The van der Waals surface area contributed by atoms with E-state index < -0.39 is 5.91 Å². The lowest BCUT2D eigenvalue weighted by molar-refractivity contribution is 0.0711. The first kappa shape index (κ1) is 15.3. The van der Waals surface area contributed by atoms with E-state index in [0.717, 1.165) is 29.7 Å². The zero-order valence-electron chi connectivity index (χ0n) is 13.1. The Hall–Kier alpha value is -2.63. The van der Waals surface area contributed by atoms with Gasteiger partial charge in [-0.15, -0.1) is 0 Å². The number of aromatic amines is 1. The molecule has 2 heterocycles. The second-order valence-corrected chi connectivity index (χ2v) is 5.95. The Morgan fingerprint density at radius 1 is 1.26 bits per heavy atom. The quantitative estimate of drug-likeness (QED) is 0.905. The van der Waals surface area contributed by atoms with E-state index in [1.807, 2.05) is 36.1 Å². The van der Waals surface area contributed by atoms with Crippen LogP contribution in [0.25, 0.3) is 0 Å². The molecule has 1 aromatic carbocycles.